The number of H-pyrrole nitrogens is 1. The summed E-state index contributed by atoms with van der Waals surface area (Å²) in [7, 11) is 0. The van der Waals surface area contributed by atoms with Crippen LogP contribution in [0.15, 0.2) is 59.8 Å². The van der Waals surface area contributed by atoms with Gasteiger partial charge in [0.1, 0.15) is 11.3 Å². The number of benzene rings is 1. The van der Waals surface area contributed by atoms with Crippen LogP contribution >= 0.6 is 0 Å². The number of ether oxygens (including phenoxy) is 1. The Kier molecular flexibility index (Phi) is 6.21. The van der Waals surface area contributed by atoms with Gasteiger partial charge in [-0.25, -0.2) is 0 Å². The summed E-state index contributed by atoms with van der Waals surface area (Å²) in [5.74, 6) is 0.556. The highest BCUT2D eigenvalue weighted by Crippen LogP contribution is 2.30. The van der Waals surface area contributed by atoms with Crippen molar-refractivity contribution in [1.82, 2.24) is 20.6 Å². The van der Waals surface area contributed by atoms with E-state index in [0.717, 1.165) is 55.5 Å². The average Bonchev–Trinajstić information content (AvgIpc) is 3.32. The number of nitrogens with one attached hydrogen (secondary N) is 3. The van der Waals surface area contributed by atoms with E-state index in [9.17, 15) is 9.59 Å². The molecule has 1 fully saturated rings. The Bertz CT molecular complexity index is 1180. The van der Waals surface area contributed by atoms with Gasteiger partial charge in [-0.05, 0) is 66.1 Å². The Morgan fingerprint density at radius 2 is 1.94 bits per heavy atom. The van der Waals surface area contributed by atoms with E-state index in [1.54, 1.807) is 18.5 Å². The van der Waals surface area contributed by atoms with Crippen LogP contribution in [0.5, 0.6) is 5.75 Å². The molecule has 3 heterocycles. The molecule has 1 amide bonds. The van der Waals surface area contributed by atoms with Gasteiger partial charge in [0.25, 0.3) is 11.5 Å². The lowest BCUT2D eigenvalue weighted by molar-refractivity contribution is 0.0922. The van der Waals surface area contributed by atoms with Gasteiger partial charge >= 0.3 is 0 Å². The Labute approximate surface area is 192 Å². The number of carbonyl (C=O) groups excluding carboxylic acids is 1. The zero-order valence-corrected chi connectivity index (χ0v) is 18.5. The average molecular weight is 445 g/mol. The molecule has 1 aliphatic heterocycles. The van der Waals surface area contributed by atoms with Gasteiger partial charge in [0.05, 0.1) is 6.61 Å². The Hall–Kier alpha value is -3.45. The largest absolute Gasteiger partial charge is 0.493 e. The van der Waals surface area contributed by atoms with E-state index in [0.29, 0.717) is 12.6 Å². The van der Waals surface area contributed by atoms with Gasteiger partial charge in [-0.3, -0.25) is 14.6 Å². The lowest BCUT2D eigenvalue weighted by Crippen LogP contribution is -2.43. The van der Waals surface area contributed by atoms with Crippen molar-refractivity contribution in [2.45, 2.75) is 50.7 Å². The van der Waals surface area contributed by atoms with Crippen LogP contribution in [0.2, 0.25) is 0 Å². The lowest BCUT2D eigenvalue weighted by atomic mass is 9.91. The van der Waals surface area contributed by atoms with Crippen LogP contribution in [0, 0.1) is 0 Å². The Morgan fingerprint density at radius 3 is 2.76 bits per heavy atom. The highest BCUT2D eigenvalue weighted by atomic mass is 16.5. The first-order valence-corrected chi connectivity index (χ1v) is 11.6. The van der Waals surface area contributed by atoms with Crippen molar-refractivity contribution < 1.29 is 9.53 Å². The van der Waals surface area contributed by atoms with Crippen LogP contribution in [-0.2, 0) is 13.0 Å². The number of pyridine rings is 2. The molecule has 0 radical (unpaired) electrons. The van der Waals surface area contributed by atoms with Gasteiger partial charge in [-0.1, -0.05) is 18.2 Å². The molecule has 1 aliphatic carbocycles. The van der Waals surface area contributed by atoms with E-state index in [4.69, 9.17) is 4.74 Å². The van der Waals surface area contributed by atoms with Gasteiger partial charge in [0, 0.05) is 43.6 Å². The minimum Gasteiger partial charge on any atom is -0.493 e. The molecule has 2 aliphatic rings. The highest BCUT2D eigenvalue weighted by molar-refractivity contribution is 5.95. The maximum Gasteiger partial charge on any atom is 0.260 e. The first kappa shape index (κ1) is 21.4. The number of hydrogen-bond acceptors (Lipinski definition) is 5. The molecule has 0 bridgehead atoms. The molecule has 3 aromatic rings. The highest BCUT2D eigenvalue weighted by Gasteiger charge is 2.24. The number of fused-ring (bicyclic) bond motifs is 1. The van der Waals surface area contributed by atoms with Crippen molar-refractivity contribution in [3.05, 3.63) is 82.0 Å². The van der Waals surface area contributed by atoms with Crippen molar-refractivity contribution in [3.63, 3.8) is 0 Å². The SMILES string of the molecule is O=C(NC1CCC(NCc2cccnc2)CC1)c1cc(-c2ccc3c(c2)OCC3)c[nH]c1=O. The zero-order valence-electron chi connectivity index (χ0n) is 18.5. The van der Waals surface area contributed by atoms with Crippen LogP contribution in [-0.4, -0.2) is 34.6 Å². The predicted octanol–water partition coefficient (Wildman–Crippen LogP) is 3.20. The first-order valence-electron chi connectivity index (χ1n) is 11.6. The van der Waals surface area contributed by atoms with Crippen LogP contribution in [0.25, 0.3) is 11.1 Å². The minimum absolute atomic E-state index is 0.0744. The topological polar surface area (TPSA) is 96.1 Å². The fourth-order valence-corrected chi connectivity index (χ4v) is 4.63. The van der Waals surface area contributed by atoms with Crippen molar-refractivity contribution in [2.75, 3.05) is 6.61 Å². The third-order valence-corrected chi connectivity index (χ3v) is 6.56. The molecular weight excluding hydrogens is 416 g/mol. The summed E-state index contributed by atoms with van der Waals surface area (Å²) >= 11 is 0. The molecular formula is C26H28N4O3. The molecule has 7 heteroatoms. The van der Waals surface area contributed by atoms with Gasteiger partial charge < -0.3 is 20.4 Å². The van der Waals surface area contributed by atoms with Crippen LogP contribution in [0.4, 0.5) is 0 Å². The molecule has 7 nitrogen and oxygen atoms in total. The molecule has 5 rings (SSSR count). The normalized spacial score (nSPS) is 19.5. The summed E-state index contributed by atoms with van der Waals surface area (Å²) in [6.45, 7) is 1.49. The molecule has 0 saturated heterocycles. The number of aromatic amines is 1. The molecule has 3 N–H and O–H groups in total. The number of aromatic nitrogens is 2. The maximum absolute atomic E-state index is 12.9. The van der Waals surface area contributed by atoms with E-state index in [1.165, 1.54) is 11.1 Å². The third kappa shape index (κ3) is 4.98. The quantitative estimate of drug-likeness (QED) is 0.543. The van der Waals surface area contributed by atoms with E-state index in [2.05, 4.69) is 26.7 Å². The van der Waals surface area contributed by atoms with Gasteiger partial charge in [0.15, 0.2) is 0 Å². The van der Waals surface area contributed by atoms with E-state index in [1.807, 2.05) is 30.5 Å². The third-order valence-electron chi connectivity index (χ3n) is 6.56. The molecule has 1 aromatic carbocycles. The Balaban J connectivity index is 1.19. The minimum atomic E-state index is -0.375. The summed E-state index contributed by atoms with van der Waals surface area (Å²) in [6.07, 6.45) is 9.95. The summed E-state index contributed by atoms with van der Waals surface area (Å²) < 4.78 is 5.65. The lowest BCUT2D eigenvalue weighted by Gasteiger charge is -2.29. The van der Waals surface area contributed by atoms with E-state index >= 15 is 0 Å². The fourth-order valence-electron chi connectivity index (χ4n) is 4.63. The van der Waals surface area contributed by atoms with Crippen molar-refractivity contribution in [3.8, 4) is 16.9 Å². The molecule has 2 aromatic heterocycles. The predicted molar refractivity (Wildman–Crippen MR) is 126 cm³/mol. The van der Waals surface area contributed by atoms with Crippen LogP contribution in [0.1, 0.15) is 47.2 Å². The number of nitrogens with zero attached hydrogens (tertiary/aromatic N) is 1. The molecule has 0 atom stereocenters. The molecule has 0 unspecified atom stereocenters. The number of amides is 1. The monoisotopic (exact) mass is 444 g/mol. The van der Waals surface area contributed by atoms with Gasteiger partial charge in [-0.15, -0.1) is 0 Å². The maximum atomic E-state index is 12.9. The van der Waals surface area contributed by atoms with Crippen LogP contribution in [0.3, 0.4) is 0 Å². The zero-order chi connectivity index (χ0) is 22.6. The summed E-state index contributed by atoms with van der Waals surface area (Å²) in [6, 6.07) is 12.2. The fraction of sp³-hybridized carbons (Fsp3) is 0.346. The summed E-state index contributed by atoms with van der Waals surface area (Å²) in [4.78, 5) is 32.2. The standard InChI is InChI=1S/C26H28N4O3/c31-25-23(12-20(16-29-25)19-4-3-18-9-11-33-24(18)13-19)26(32)30-22-7-5-21(6-8-22)28-15-17-2-1-10-27-14-17/h1-4,10,12-14,16,21-22,28H,5-9,11,15H2,(H,29,31)(H,30,32). The van der Waals surface area contributed by atoms with Crippen molar-refractivity contribution in [2.24, 2.45) is 0 Å². The smallest absolute Gasteiger partial charge is 0.260 e. The molecule has 170 valence electrons. The second-order valence-electron chi connectivity index (χ2n) is 8.82. The number of carbonyl (C=O) groups is 1. The molecule has 1 saturated carbocycles. The summed E-state index contributed by atoms with van der Waals surface area (Å²) in [5.41, 5.74) is 3.84. The van der Waals surface area contributed by atoms with Crippen molar-refractivity contribution >= 4 is 5.91 Å². The number of hydrogen-bond donors (Lipinski definition) is 3. The second-order valence-corrected chi connectivity index (χ2v) is 8.82. The molecule has 0 spiro atoms. The van der Waals surface area contributed by atoms with Crippen molar-refractivity contribution in [1.29, 1.82) is 0 Å². The summed E-state index contributed by atoms with van der Waals surface area (Å²) in [5, 5.41) is 6.65. The second kappa shape index (κ2) is 9.58. The molecule has 33 heavy (non-hydrogen) atoms. The van der Waals surface area contributed by atoms with E-state index < -0.39 is 0 Å². The van der Waals surface area contributed by atoms with Gasteiger partial charge in [-0.2, -0.15) is 0 Å². The first-order chi connectivity index (χ1) is 16.2. The Morgan fingerprint density at radius 1 is 1.09 bits per heavy atom. The number of rotatable bonds is 6. The van der Waals surface area contributed by atoms with E-state index in [-0.39, 0.29) is 23.1 Å². The van der Waals surface area contributed by atoms with Crippen LogP contribution < -0.4 is 20.9 Å². The van der Waals surface area contributed by atoms with Gasteiger partial charge in [0.2, 0.25) is 0 Å².